The molecule has 0 atom stereocenters. The van der Waals surface area contributed by atoms with Gasteiger partial charge in [-0.25, -0.2) is 4.98 Å². The number of hydrogen-bond donors (Lipinski definition) is 2. The second kappa shape index (κ2) is 6.45. The van der Waals surface area contributed by atoms with Gasteiger partial charge in [-0.05, 0) is 17.7 Å². The van der Waals surface area contributed by atoms with E-state index in [-0.39, 0.29) is 12.4 Å². The van der Waals surface area contributed by atoms with E-state index in [4.69, 9.17) is 9.47 Å². The van der Waals surface area contributed by atoms with E-state index in [0.29, 0.717) is 30.7 Å². The van der Waals surface area contributed by atoms with Gasteiger partial charge in [0.25, 0.3) is 5.56 Å². The summed E-state index contributed by atoms with van der Waals surface area (Å²) in [6.07, 6.45) is 5.20. The van der Waals surface area contributed by atoms with Gasteiger partial charge in [-0.3, -0.25) is 4.79 Å². The number of rotatable bonds is 6. The number of ether oxygens (including phenoxy) is 2. The van der Waals surface area contributed by atoms with Gasteiger partial charge in [-0.15, -0.1) is 6.58 Å². The van der Waals surface area contributed by atoms with Crippen LogP contribution in [0.3, 0.4) is 0 Å². The van der Waals surface area contributed by atoms with Crippen LogP contribution in [0.15, 0.2) is 48.2 Å². The lowest BCUT2D eigenvalue weighted by Gasteiger charge is -2.06. The first-order valence-electron chi connectivity index (χ1n) is 8.02. The van der Waals surface area contributed by atoms with Gasteiger partial charge in [-0.2, -0.15) is 0 Å². The summed E-state index contributed by atoms with van der Waals surface area (Å²) in [5.41, 5.74) is 3.12. The first-order valence-corrected chi connectivity index (χ1v) is 8.02. The van der Waals surface area contributed by atoms with Crippen molar-refractivity contribution < 1.29 is 9.47 Å². The van der Waals surface area contributed by atoms with Crippen LogP contribution in [0.2, 0.25) is 0 Å². The van der Waals surface area contributed by atoms with Crippen LogP contribution < -0.4 is 20.3 Å². The maximum absolute atomic E-state index is 12.3. The third-order valence-electron chi connectivity index (χ3n) is 4.13. The lowest BCUT2D eigenvalue weighted by Crippen LogP contribution is -2.13. The molecule has 2 aromatic heterocycles. The number of benzene rings is 1. The largest absolute Gasteiger partial charge is 0.454 e. The lowest BCUT2D eigenvalue weighted by atomic mass is 10.2. The standard InChI is InChI=1S/C18H18N4O3/c1-2-5-19-7-13-9-22(17-16(13)20-10-21-18(17)23)8-12-3-4-14-15(6-12)25-11-24-14/h2-4,6,9-10,19H,1,5,7-8,11H2,(H,20,21,23). The number of H-pyrrole nitrogens is 1. The van der Waals surface area contributed by atoms with Crippen molar-refractivity contribution in [2.24, 2.45) is 0 Å². The van der Waals surface area contributed by atoms with E-state index in [9.17, 15) is 4.79 Å². The van der Waals surface area contributed by atoms with Crippen LogP contribution in [0, 0.1) is 0 Å². The number of fused-ring (bicyclic) bond motifs is 2. The van der Waals surface area contributed by atoms with Crippen LogP contribution in [0.5, 0.6) is 11.5 Å². The first kappa shape index (κ1) is 15.5. The zero-order valence-electron chi connectivity index (χ0n) is 13.6. The molecular weight excluding hydrogens is 320 g/mol. The van der Waals surface area contributed by atoms with Crippen molar-refractivity contribution in [1.29, 1.82) is 0 Å². The van der Waals surface area contributed by atoms with Gasteiger partial charge in [-0.1, -0.05) is 12.1 Å². The Balaban J connectivity index is 1.71. The van der Waals surface area contributed by atoms with E-state index in [1.807, 2.05) is 29.0 Å². The Morgan fingerprint density at radius 2 is 2.24 bits per heavy atom. The second-order valence-corrected chi connectivity index (χ2v) is 5.82. The van der Waals surface area contributed by atoms with Gasteiger partial charge in [0, 0.05) is 31.4 Å². The van der Waals surface area contributed by atoms with Crippen molar-refractivity contribution >= 4 is 11.0 Å². The summed E-state index contributed by atoms with van der Waals surface area (Å²) in [4.78, 5) is 19.3. The summed E-state index contributed by atoms with van der Waals surface area (Å²) in [6.45, 7) is 5.80. The van der Waals surface area contributed by atoms with Crippen LogP contribution in [0.1, 0.15) is 11.1 Å². The molecule has 1 aromatic carbocycles. The average molecular weight is 338 g/mol. The second-order valence-electron chi connectivity index (χ2n) is 5.82. The van der Waals surface area contributed by atoms with Crippen molar-refractivity contribution in [3.63, 3.8) is 0 Å². The minimum atomic E-state index is -0.152. The molecule has 128 valence electrons. The molecule has 1 aliphatic rings. The molecule has 2 N–H and O–H groups in total. The van der Waals surface area contributed by atoms with Gasteiger partial charge in [0.15, 0.2) is 11.5 Å². The fraction of sp³-hybridized carbons (Fsp3) is 0.222. The zero-order chi connectivity index (χ0) is 17.2. The van der Waals surface area contributed by atoms with E-state index in [0.717, 1.165) is 22.6 Å². The summed E-state index contributed by atoms with van der Waals surface area (Å²) >= 11 is 0. The SMILES string of the molecule is C=CCNCc1cn(Cc2ccc3c(c2)OCO3)c2c(=O)[nH]cnc12. The van der Waals surface area contributed by atoms with Gasteiger partial charge < -0.3 is 24.3 Å². The molecule has 1 aliphatic heterocycles. The number of nitrogens with one attached hydrogen (secondary N) is 2. The molecule has 3 heterocycles. The highest BCUT2D eigenvalue weighted by Gasteiger charge is 2.16. The van der Waals surface area contributed by atoms with Crippen LogP contribution in [-0.4, -0.2) is 27.9 Å². The summed E-state index contributed by atoms with van der Waals surface area (Å²) in [6, 6.07) is 5.80. The molecule has 0 aliphatic carbocycles. The molecule has 0 fully saturated rings. The minimum Gasteiger partial charge on any atom is -0.454 e. The smallest absolute Gasteiger partial charge is 0.275 e. The molecule has 0 saturated carbocycles. The summed E-state index contributed by atoms with van der Waals surface area (Å²) in [7, 11) is 0. The summed E-state index contributed by atoms with van der Waals surface area (Å²) < 4.78 is 12.7. The summed E-state index contributed by atoms with van der Waals surface area (Å²) in [5, 5.41) is 3.25. The van der Waals surface area contributed by atoms with Crippen molar-refractivity contribution in [1.82, 2.24) is 19.9 Å². The maximum atomic E-state index is 12.3. The van der Waals surface area contributed by atoms with Crippen molar-refractivity contribution in [3.05, 3.63) is 64.9 Å². The third kappa shape index (κ3) is 2.89. The van der Waals surface area contributed by atoms with Gasteiger partial charge >= 0.3 is 0 Å². The van der Waals surface area contributed by atoms with Crippen LogP contribution in [0.25, 0.3) is 11.0 Å². The number of aromatic nitrogens is 3. The molecule has 0 saturated heterocycles. The highest BCUT2D eigenvalue weighted by Crippen LogP contribution is 2.33. The fourth-order valence-electron chi connectivity index (χ4n) is 3.01. The van der Waals surface area contributed by atoms with Crippen LogP contribution in [0.4, 0.5) is 0 Å². The lowest BCUT2D eigenvalue weighted by molar-refractivity contribution is 0.174. The molecule has 4 rings (SSSR count). The van der Waals surface area contributed by atoms with Crippen molar-refractivity contribution in [2.45, 2.75) is 13.1 Å². The topological polar surface area (TPSA) is 81.2 Å². The maximum Gasteiger partial charge on any atom is 0.275 e. The van der Waals surface area contributed by atoms with Gasteiger partial charge in [0.2, 0.25) is 6.79 Å². The predicted octanol–water partition coefficient (Wildman–Crippen LogP) is 1.78. The fourth-order valence-corrected chi connectivity index (χ4v) is 3.01. The zero-order valence-corrected chi connectivity index (χ0v) is 13.6. The number of nitrogens with zero attached hydrogens (tertiary/aromatic N) is 2. The molecule has 0 spiro atoms. The van der Waals surface area contributed by atoms with Gasteiger partial charge in [0.1, 0.15) is 11.0 Å². The van der Waals surface area contributed by atoms with Crippen LogP contribution in [-0.2, 0) is 13.1 Å². The van der Waals surface area contributed by atoms with E-state index < -0.39 is 0 Å². The Bertz CT molecular complexity index is 990. The highest BCUT2D eigenvalue weighted by atomic mass is 16.7. The predicted molar refractivity (Wildman–Crippen MR) is 93.9 cm³/mol. The van der Waals surface area contributed by atoms with E-state index in [1.165, 1.54) is 6.33 Å². The van der Waals surface area contributed by atoms with Gasteiger partial charge in [0.05, 0.1) is 6.33 Å². The third-order valence-corrected chi connectivity index (χ3v) is 4.13. The molecule has 0 bridgehead atoms. The highest BCUT2D eigenvalue weighted by molar-refractivity contribution is 5.78. The molecule has 0 radical (unpaired) electrons. The summed E-state index contributed by atoms with van der Waals surface area (Å²) in [5.74, 6) is 1.48. The Labute approximate surface area is 143 Å². The molecule has 0 unspecified atom stereocenters. The average Bonchev–Trinajstić information content (AvgIpc) is 3.21. The van der Waals surface area contributed by atoms with Crippen molar-refractivity contribution in [3.8, 4) is 11.5 Å². The number of hydrogen-bond acceptors (Lipinski definition) is 5. The van der Waals surface area contributed by atoms with E-state index in [1.54, 1.807) is 6.08 Å². The molecule has 25 heavy (non-hydrogen) atoms. The first-order chi connectivity index (χ1) is 12.3. The van der Waals surface area contributed by atoms with E-state index >= 15 is 0 Å². The van der Waals surface area contributed by atoms with Crippen LogP contribution >= 0.6 is 0 Å². The Morgan fingerprint density at radius 1 is 1.36 bits per heavy atom. The normalized spacial score (nSPS) is 12.6. The molecule has 7 heteroatoms. The Morgan fingerprint density at radius 3 is 3.12 bits per heavy atom. The minimum absolute atomic E-state index is 0.152. The Kier molecular flexibility index (Phi) is 3.99. The molecule has 3 aromatic rings. The molecular formula is C18H18N4O3. The Hall–Kier alpha value is -3.06. The molecule has 0 amide bonds. The van der Waals surface area contributed by atoms with Crippen molar-refractivity contribution in [2.75, 3.05) is 13.3 Å². The monoisotopic (exact) mass is 338 g/mol. The number of aromatic amines is 1. The van der Waals surface area contributed by atoms with E-state index in [2.05, 4.69) is 21.9 Å². The quantitative estimate of drug-likeness (QED) is 0.529. The molecule has 7 nitrogen and oxygen atoms in total.